The van der Waals surface area contributed by atoms with Crippen molar-refractivity contribution in [3.8, 4) is 5.75 Å². The van der Waals surface area contributed by atoms with Gasteiger partial charge in [0.15, 0.2) is 0 Å². The molecule has 34 heavy (non-hydrogen) atoms. The van der Waals surface area contributed by atoms with E-state index in [1.807, 2.05) is 0 Å². The summed E-state index contributed by atoms with van der Waals surface area (Å²) in [6, 6.07) is 2.97. The number of hydrogen-bond acceptors (Lipinski definition) is 17. The summed E-state index contributed by atoms with van der Waals surface area (Å²) in [4.78, 5) is 81.0. The molecule has 21 heteroatoms. The molecule has 0 saturated carbocycles. The predicted octanol–water partition coefficient (Wildman–Crippen LogP) is -0.506. The molecule has 0 spiro atoms. The molecule has 1 aromatic rings. The van der Waals surface area contributed by atoms with Gasteiger partial charge in [-0.1, -0.05) is 0 Å². The van der Waals surface area contributed by atoms with Gasteiger partial charge in [-0.3, -0.25) is 19.4 Å². The standard InChI is InChI=1S/C13H12N4O17/c1-28-9-3-2-7(12(18)29-5-10(31-14(20)21)32-15(22)23)4-8(9)13(19)30-6-11(33-16(24)25)34-17(26)27/h2-4,10-11H,5-6H2,1H3. The molecule has 0 N–H and O–H groups in total. The van der Waals surface area contributed by atoms with Crippen molar-refractivity contribution in [1.29, 1.82) is 0 Å². The summed E-state index contributed by atoms with van der Waals surface area (Å²) in [5, 5.41) is 35.5. The lowest BCUT2D eigenvalue weighted by atomic mass is 10.1. The molecule has 0 fully saturated rings. The Morgan fingerprint density at radius 2 is 1.18 bits per heavy atom. The Kier molecular flexibility index (Phi) is 9.91. The number of esters is 2. The van der Waals surface area contributed by atoms with E-state index < -0.39 is 69.2 Å². The van der Waals surface area contributed by atoms with Gasteiger partial charge in [0.1, 0.15) is 24.5 Å². The van der Waals surface area contributed by atoms with Crippen LogP contribution in [-0.4, -0.2) is 65.2 Å². The fourth-order valence-corrected chi connectivity index (χ4v) is 1.99. The van der Waals surface area contributed by atoms with E-state index in [9.17, 15) is 50.0 Å². The summed E-state index contributed by atoms with van der Waals surface area (Å²) in [5.41, 5.74) is -0.870. The van der Waals surface area contributed by atoms with E-state index >= 15 is 0 Å². The van der Waals surface area contributed by atoms with Gasteiger partial charge in [-0.25, -0.2) is 9.59 Å². The molecular formula is C13H12N4O17. The first-order chi connectivity index (χ1) is 15.9. The first-order valence-electron chi connectivity index (χ1n) is 8.19. The molecule has 0 saturated heterocycles. The molecule has 0 heterocycles. The topological polar surface area (TPSA) is 271 Å². The Bertz CT molecular complexity index is 919. The molecule has 0 aliphatic carbocycles. The third-order valence-corrected chi connectivity index (χ3v) is 3.17. The van der Waals surface area contributed by atoms with Crippen molar-refractivity contribution >= 4 is 11.9 Å². The highest BCUT2D eigenvalue weighted by atomic mass is 17.1. The second-order valence-electron chi connectivity index (χ2n) is 5.29. The predicted molar refractivity (Wildman–Crippen MR) is 93.5 cm³/mol. The molecule has 21 nitrogen and oxygen atoms in total. The van der Waals surface area contributed by atoms with E-state index in [2.05, 4.69) is 28.8 Å². The van der Waals surface area contributed by atoms with E-state index in [1.54, 1.807) is 0 Å². The van der Waals surface area contributed by atoms with Gasteiger partial charge in [-0.15, -0.1) is 40.5 Å². The van der Waals surface area contributed by atoms with Crippen LogP contribution < -0.4 is 4.74 Å². The van der Waals surface area contributed by atoms with Gasteiger partial charge in [-0.2, -0.15) is 0 Å². The lowest BCUT2D eigenvalue weighted by Gasteiger charge is -2.15. The van der Waals surface area contributed by atoms with E-state index in [-0.39, 0.29) is 5.75 Å². The smallest absolute Gasteiger partial charge is 0.342 e. The third-order valence-electron chi connectivity index (χ3n) is 3.17. The normalized spacial score (nSPS) is 10.1. The summed E-state index contributed by atoms with van der Waals surface area (Å²) >= 11 is 0. The van der Waals surface area contributed by atoms with Gasteiger partial charge in [0.25, 0.3) is 32.9 Å². The molecule has 0 unspecified atom stereocenters. The first-order valence-corrected chi connectivity index (χ1v) is 8.19. The van der Waals surface area contributed by atoms with Gasteiger partial charge in [0.2, 0.25) is 0 Å². The number of rotatable bonds is 15. The van der Waals surface area contributed by atoms with E-state index in [1.165, 1.54) is 0 Å². The van der Waals surface area contributed by atoms with Crippen LogP contribution in [0.15, 0.2) is 18.2 Å². The second-order valence-corrected chi connectivity index (χ2v) is 5.29. The molecule has 0 atom stereocenters. The molecule has 0 amide bonds. The fraction of sp³-hybridized carbons (Fsp3) is 0.385. The number of carbonyl (C=O) groups excluding carboxylic acids is 2. The van der Waals surface area contributed by atoms with E-state index in [4.69, 9.17) is 4.74 Å². The van der Waals surface area contributed by atoms with Gasteiger partial charge in [0, 0.05) is 0 Å². The third kappa shape index (κ3) is 9.27. The Hall–Kier alpha value is -5.24. The van der Waals surface area contributed by atoms with Crippen molar-refractivity contribution in [3.63, 3.8) is 0 Å². The minimum atomic E-state index is -2.23. The van der Waals surface area contributed by atoms with Crippen LogP contribution in [0.25, 0.3) is 0 Å². The summed E-state index contributed by atoms with van der Waals surface area (Å²) < 4.78 is 14.1. The molecule has 0 radical (unpaired) electrons. The number of methoxy groups -OCH3 is 1. The van der Waals surface area contributed by atoms with Crippen molar-refractivity contribution < 1.29 is 63.5 Å². The van der Waals surface area contributed by atoms with E-state index in [0.717, 1.165) is 25.3 Å². The quantitative estimate of drug-likeness (QED) is 0.128. The Morgan fingerprint density at radius 1 is 0.765 bits per heavy atom. The zero-order chi connectivity index (χ0) is 25.8. The van der Waals surface area contributed by atoms with Crippen LogP contribution in [-0.2, 0) is 28.8 Å². The number of carbonyl (C=O) groups is 2. The second kappa shape index (κ2) is 12.6. The van der Waals surface area contributed by atoms with Crippen LogP contribution in [0.2, 0.25) is 0 Å². The highest BCUT2D eigenvalue weighted by molar-refractivity contribution is 5.97. The Morgan fingerprint density at radius 3 is 1.56 bits per heavy atom. The average Bonchev–Trinajstić information content (AvgIpc) is 2.73. The van der Waals surface area contributed by atoms with Crippen LogP contribution in [0, 0.1) is 40.5 Å². The Balaban J connectivity index is 2.94. The zero-order valence-electron chi connectivity index (χ0n) is 16.5. The van der Waals surface area contributed by atoms with Crippen LogP contribution >= 0.6 is 0 Å². The van der Waals surface area contributed by atoms with Gasteiger partial charge >= 0.3 is 11.9 Å². The molecule has 186 valence electrons. The number of ether oxygens (including phenoxy) is 3. The first kappa shape index (κ1) is 26.8. The minimum absolute atomic E-state index is 0.185. The molecule has 1 rings (SSSR count). The number of hydrogen-bond donors (Lipinski definition) is 0. The minimum Gasteiger partial charge on any atom is -0.496 e. The molecule has 0 aliphatic heterocycles. The van der Waals surface area contributed by atoms with Crippen molar-refractivity contribution in [2.24, 2.45) is 0 Å². The lowest BCUT2D eigenvalue weighted by molar-refractivity contribution is -0.851. The van der Waals surface area contributed by atoms with E-state index in [0.29, 0.717) is 0 Å². The van der Waals surface area contributed by atoms with Crippen molar-refractivity contribution in [2.45, 2.75) is 12.6 Å². The van der Waals surface area contributed by atoms with Crippen LogP contribution in [0.1, 0.15) is 20.7 Å². The average molecular weight is 496 g/mol. The SMILES string of the molecule is COc1ccc(C(=O)OCC(O[N+](=O)[O-])O[N+](=O)[O-])cc1C(=O)OCC(O[N+](=O)[O-])O[N+](=O)[O-]. The largest absolute Gasteiger partial charge is 0.496 e. The Labute approximate surface area is 185 Å². The van der Waals surface area contributed by atoms with Crippen molar-refractivity contribution in [2.75, 3.05) is 20.3 Å². The van der Waals surface area contributed by atoms with Gasteiger partial charge < -0.3 is 14.2 Å². The maximum Gasteiger partial charge on any atom is 0.342 e. The van der Waals surface area contributed by atoms with Crippen LogP contribution in [0.3, 0.4) is 0 Å². The molecular weight excluding hydrogens is 484 g/mol. The van der Waals surface area contributed by atoms with Gasteiger partial charge in [0.05, 0.1) is 12.7 Å². The monoisotopic (exact) mass is 496 g/mol. The molecule has 0 aromatic heterocycles. The number of nitrogens with zero attached hydrogens (tertiary/aromatic N) is 4. The molecule has 0 aliphatic rings. The van der Waals surface area contributed by atoms with Crippen LogP contribution in [0.4, 0.5) is 0 Å². The number of benzene rings is 1. The summed E-state index contributed by atoms with van der Waals surface area (Å²) in [5.74, 6) is -2.75. The van der Waals surface area contributed by atoms with Gasteiger partial charge in [-0.05, 0) is 18.2 Å². The summed E-state index contributed by atoms with van der Waals surface area (Å²) in [6.45, 7) is -2.23. The fourth-order valence-electron chi connectivity index (χ4n) is 1.99. The molecule has 1 aromatic carbocycles. The molecule has 0 bridgehead atoms. The van der Waals surface area contributed by atoms with Crippen molar-refractivity contribution in [1.82, 2.24) is 0 Å². The highest BCUT2D eigenvalue weighted by Crippen LogP contribution is 2.22. The maximum atomic E-state index is 12.3. The summed E-state index contributed by atoms with van der Waals surface area (Å²) in [6.07, 6.45) is -4.44. The zero-order valence-corrected chi connectivity index (χ0v) is 16.5. The summed E-state index contributed by atoms with van der Waals surface area (Å²) in [7, 11) is 1.12. The van der Waals surface area contributed by atoms with Crippen LogP contribution in [0.5, 0.6) is 5.75 Å². The highest BCUT2D eigenvalue weighted by Gasteiger charge is 2.25. The van der Waals surface area contributed by atoms with Crippen molar-refractivity contribution in [3.05, 3.63) is 69.8 Å². The lowest BCUT2D eigenvalue weighted by Crippen LogP contribution is -2.30. The maximum absolute atomic E-state index is 12.3.